The first-order valence-corrected chi connectivity index (χ1v) is 39.4. The van der Waals surface area contributed by atoms with Crippen LogP contribution < -0.4 is 0 Å². The Morgan fingerprint density at radius 1 is 0.250 bits per heavy atom. The second-order valence-corrected chi connectivity index (χ2v) is 26.0. The fraction of sp³-hybridized carbons (Fsp3) is 0.701. The fourth-order valence-electron chi connectivity index (χ4n) is 11.3. The van der Waals surface area contributed by atoms with E-state index in [2.05, 4.69) is 160 Å². The Bertz CT molecular complexity index is 1880. The summed E-state index contributed by atoms with van der Waals surface area (Å²) in [5.41, 5.74) is 0. The molecule has 5 heteroatoms. The molecule has 1 unspecified atom stereocenters. The number of unbranched alkanes of at least 4 members (excludes halogenated alkanes) is 40. The van der Waals surface area contributed by atoms with E-state index >= 15 is 0 Å². The van der Waals surface area contributed by atoms with Gasteiger partial charge in [0.25, 0.3) is 0 Å². The van der Waals surface area contributed by atoms with Gasteiger partial charge in [0.05, 0.1) is 6.61 Å². The van der Waals surface area contributed by atoms with Gasteiger partial charge in [-0.2, -0.15) is 0 Å². The van der Waals surface area contributed by atoms with E-state index in [4.69, 9.17) is 9.47 Å². The summed E-state index contributed by atoms with van der Waals surface area (Å²) < 4.78 is 10.8. The van der Waals surface area contributed by atoms with Crippen LogP contribution in [-0.4, -0.2) is 36.4 Å². The van der Waals surface area contributed by atoms with Gasteiger partial charge in [0.15, 0.2) is 6.10 Å². The van der Waals surface area contributed by atoms with Crippen LogP contribution in [0.3, 0.4) is 0 Å². The van der Waals surface area contributed by atoms with Crippen LogP contribution >= 0.6 is 0 Å². The van der Waals surface area contributed by atoms with Crippen molar-refractivity contribution in [2.75, 3.05) is 13.2 Å². The zero-order chi connectivity index (χ0) is 66.1. The maximum atomic E-state index is 12.4. The lowest BCUT2D eigenvalue weighted by Crippen LogP contribution is -2.28. The molecule has 0 saturated carbocycles. The molecule has 0 amide bonds. The average molecular weight is 1270 g/mol. The molecular weight excluding hydrogens is 1120 g/mol. The van der Waals surface area contributed by atoms with Crippen LogP contribution in [0.2, 0.25) is 0 Å². The highest BCUT2D eigenvalue weighted by Gasteiger charge is 2.16. The van der Waals surface area contributed by atoms with E-state index in [-0.39, 0.29) is 25.2 Å². The number of aliphatic hydroxyl groups is 1. The molecule has 0 aromatic carbocycles. The molecule has 0 aliphatic carbocycles. The number of aliphatic hydroxyl groups excluding tert-OH is 1. The quantitative estimate of drug-likeness (QED) is 0.0373. The summed E-state index contributed by atoms with van der Waals surface area (Å²) in [6, 6.07) is 0. The van der Waals surface area contributed by atoms with Gasteiger partial charge < -0.3 is 14.6 Å². The minimum absolute atomic E-state index is 0.0682. The highest BCUT2D eigenvalue weighted by Crippen LogP contribution is 2.19. The monoisotopic (exact) mass is 1270 g/mol. The second kappa shape index (κ2) is 81.0. The van der Waals surface area contributed by atoms with Crippen LogP contribution in [0, 0.1) is 0 Å². The number of hydrogen-bond acceptors (Lipinski definition) is 5. The van der Waals surface area contributed by atoms with Crippen molar-refractivity contribution in [3.05, 3.63) is 146 Å². The zero-order valence-corrected chi connectivity index (χ0v) is 60.5. The molecule has 0 fully saturated rings. The van der Waals surface area contributed by atoms with E-state index in [9.17, 15) is 14.7 Å². The van der Waals surface area contributed by atoms with Crippen LogP contribution in [0.15, 0.2) is 146 Å². The van der Waals surface area contributed by atoms with E-state index in [0.717, 1.165) is 116 Å². The first kappa shape index (κ1) is 87.8. The molecule has 0 heterocycles. The lowest BCUT2D eigenvalue weighted by atomic mass is 10.0. The van der Waals surface area contributed by atoms with Crippen LogP contribution in [0.5, 0.6) is 0 Å². The standard InChI is InChI=1S/C87H148O5/c1-3-5-7-9-11-13-15-17-19-21-23-25-27-29-31-33-35-37-39-41-42-43-44-46-47-49-51-53-55-57-59-61-63-65-67-69-71-73-75-77-79-81-86(89)91-84-85(83-88)92-87(90)82-80-78-76-74-72-70-68-66-64-62-60-58-56-54-52-50-48-45-40-38-36-34-32-30-28-26-24-22-20-18-16-14-12-10-8-6-4-2/h5-8,11-14,17-20,23-26,30,32,36,38,45,48,52,54,85,88H,3-4,9-10,15-16,21-22,27-29,31,33-35,37,39-44,46-47,49-51,53,55-84H2,1-2H3/b7-5-,8-6-,13-11-,14-12-,19-17-,20-18-,25-23-,26-24-,32-30-,38-36-,48-45-,54-52-. The molecule has 5 nitrogen and oxygen atoms in total. The molecule has 526 valence electrons. The lowest BCUT2D eigenvalue weighted by molar-refractivity contribution is -0.161. The third kappa shape index (κ3) is 78.2. The molecule has 92 heavy (non-hydrogen) atoms. The molecule has 0 aliphatic rings. The van der Waals surface area contributed by atoms with Gasteiger partial charge >= 0.3 is 11.9 Å². The Morgan fingerprint density at radius 2 is 0.435 bits per heavy atom. The normalized spacial score (nSPS) is 13.0. The zero-order valence-electron chi connectivity index (χ0n) is 60.5. The lowest BCUT2D eigenvalue weighted by Gasteiger charge is -2.15. The Balaban J connectivity index is 3.44. The van der Waals surface area contributed by atoms with Gasteiger partial charge in [0.1, 0.15) is 6.61 Å². The van der Waals surface area contributed by atoms with Crippen molar-refractivity contribution in [3.8, 4) is 0 Å². The SMILES string of the molecule is CC/C=C\C/C=C\C/C=C\C/C=C\C/C=C\C/C=C\C/C=C\C/C=C\CCCCCCCCCCCCCCC(=O)OC(CO)COC(=O)CCCCCCCCCCCCCCCCCCCCCCCCCCCCCC/C=C\C/C=C\C/C=C\C/C=C\CC. The smallest absolute Gasteiger partial charge is 0.306 e. The van der Waals surface area contributed by atoms with Crippen molar-refractivity contribution >= 4 is 11.9 Å². The first-order valence-electron chi connectivity index (χ1n) is 39.4. The maximum Gasteiger partial charge on any atom is 0.306 e. The molecule has 0 saturated heterocycles. The minimum atomic E-state index is -0.781. The Labute approximate surface area is 571 Å². The third-order valence-corrected chi connectivity index (χ3v) is 17.1. The number of carbonyl (C=O) groups is 2. The molecule has 0 spiro atoms. The van der Waals surface area contributed by atoms with Crippen molar-refractivity contribution in [2.45, 2.75) is 380 Å². The Morgan fingerprint density at radius 3 is 0.652 bits per heavy atom. The number of esters is 2. The molecule has 0 aromatic rings. The van der Waals surface area contributed by atoms with E-state index in [0.29, 0.717) is 12.8 Å². The highest BCUT2D eigenvalue weighted by molar-refractivity contribution is 5.70. The van der Waals surface area contributed by atoms with Crippen molar-refractivity contribution in [1.82, 2.24) is 0 Å². The topological polar surface area (TPSA) is 72.8 Å². The fourth-order valence-corrected chi connectivity index (χ4v) is 11.3. The van der Waals surface area contributed by atoms with E-state index in [1.165, 1.54) is 231 Å². The van der Waals surface area contributed by atoms with Gasteiger partial charge in [-0.15, -0.1) is 0 Å². The van der Waals surface area contributed by atoms with Crippen molar-refractivity contribution in [3.63, 3.8) is 0 Å². The van der Waals surface area contributed by atoms with Gasteiger partial charge in [0.2, 0.25) is 0 Å². The summed E-state index contributed by atoms with van der Waals surface area (Å²) in [4.78, 5) is 24.7. The number of hydrogen-bond donors (Lipinski definition) is 1. The summed E-state index contributed by atoms with van der Waals surface area (Å²) in [6.45, 7) is 3.94. The molecule has 0 bridgehead atoms. The third-order valence-electron chi connectivity index (χ3n) is 17.1. The van der Waals surface area contributed by atoms with E-state index < -0.39 is 6.10 Å². The largest absolute Gasteiger partial charge is 0.462 e. The van der Waals surface area contributed by atoms with Crippen molar-refractivity contribution in [1.29, 1.82) is 0 Å². The number of carbonyl (C=O) groups excluding carboxylic acids is 2. The van der Waals surface area contributed by atoms with E-state index in [1.807, 2.05) is 0 Å². The van der Waals surface area contributed by atoms with Crippen LogP contribution in [0.4, 0.5) is 0 Å². The predicted octanol–water partition coefficient (Wildman–Crippen LogP) is 28.0. The first-order chi connectivity index (χ1) is 45.6. The van der Waals surface area contributed by atoms with Crippen LogP contribution in [0.1, 0.15) is 373 Å². The van der Waals surface area contributed by atoms with Gasteiger partial charge in [-0.1, -0.05) is 391 Å². The average Bonchev–Trinajstić information content (AvgIpc) is 3.70. The Kier molecular flexibility index (Phi) is 77.3. The number of rotatable bonds is 72. The minimum Gasteiger partial charge on any atom is -0.462 e. The summed E-state index contributed by atoms with van der Waals surface area (Å²) in [5.74, 6) is -0.582. The molecule has 1 N–H and O–H groups in total. The number of allylic oxidation sites excluding steroid dienone is 24. The molecule has 0 radical (unpaired) electrons. The molecule has 1 atom stereocenters. The van der Waals surface area contributed by atoms with Gasteiger partial charge in [-0.05, 0) is 116 Å². The van der Waals surface area contributed by atoms with Crippen molar-refractivity contribution < 1.29 is 24.2 Å². The summed E-state index contributed by atoms with van der Waals surface area (Å²) in [5, 5.41) is 9.73. The summed E-state index contributed by atoms with van der Waals surface area (Å²) in [7, 11) is 0. The summed E-state index contributed by atoms with van der Waals surface area (Å²) in [6.07, 6.45) is 122. The number of ether oxygens (including phenoxy) is 2. The van der Waals surface area contributed by atoms with Gasteiger partial charge in [-0.25, -0.2) is 0 Å². The molecule has 0 aromatic heterocycles. The maximum absolute atomic E-state index is 12.4. The second-order valence-electron chi connectivity index (χ2n) is 26.0. The van der Waals surface area contributed by atoms with Crippen molar-refractivity contribution in [2.24, 2.45) is 0 Å². The van der Waals surface area contributed by atoms with Gasteiger partial charge in [-0.3, -0.25) is 9.59 Å². The van der Waals surface area contributed by atoms with Crippen LogP contribution in [-0.2, 0) is 19.1 Å². The van der Waals surface area contributed by atoms with Gasteiger partial charge in [0, 0.05) is 12.8 Å². The van der Waals surface area contributed by atoms with E-state index in [1.54, 1.807) is 0 Å². The molecule has 0 rings (SSSR count). The predicted molar refractivity (Wildman–Crippen MR) is 408 cm³/mol. The molecule has 0 aliphatic heterocycles. The highest BCUT2D eigenvalue weighted by atomic mass is 16.6. The van der Waals surface area contributed by atoms with Crippen LogP contribution in [0.25, 0.3) is 0 Å². The summed E-state index contributed by atoms with van der Waals surface area (Å²) >= 11 is 0. The Hall–Kier alpha value is -4.22. The molecular formula is C87H148O5.